The van der Waals surface area contributed by atoms with Crippen LogP contribution in [0.4, 0.5) is 0 Å². The second kappa shape index (κ2) is 6.22. The molecular formula is C11H19NO5. The van der Waals surface area contributed by atoms with Crippen molar-refractivity contribution in [3.63, 3.8) is 0 Å². The van der Waals surface area contributed by atoms with Gasteiger partial charge in [0.2, 0.25) is 5.91 Å². The second-order valence-corrected chi connectivity index (χ2v) is 4.53. The van der Waals surface area contributed by atoms with Crippen LogP contribution in [-0.2, 0) is 14.4 Å². The van der Waals surface area contributed by atoms with Crippen LogP contribution in [0.25, 0.3) is 0 Å². The van der Waals surface area contributed by atoms with E-state index in [0.29, 0.717) is 6.42 Å². The van der Waals surface area contributed by atoms with E-state index >= 15 is 0 Å². The molecule has 6 heteroatoms. The summed E-state index contributed by atoms with van der Waals surface area (Å²) in [5.41, 5.74) is -0.656. The Bertz CT molecular complexity index is 311. The molecule has 0 fully saturated rings. The van der Waals surface area contributed by atoms with Crippen LogP contribution < -0.4 is 5.32 Å². The molecular weight excluding hydrogens is 226 g/mol. The van der Waals surface area contributed by atoms with Crippen LogP contribution in [0.5, 0.6) is 0 Å². The molecule has 0 saturated carbocycles. The minimum atomic E-state index is -1.22. The first-order valence-corrected chi connectivity index (χ1v) is 5.46. The smallest absolute Gasteiger partial charge is 0.326 e. The summed E-state index contributed by atoms with van der Waals surface area (Å²) in [4.78, 5) is 32.9. The summed E-state index contributed by atoms with van der Waals surface area (Å²) in [5, 5.41) is 19.7. The van der Waals surface area contributed by atoms with Gasteiger partial charge in [-0.15, -0.1) is 0 Å². The van der Waals surface area contributed by atoms with E-state index < -0.39 is 23.4 Å². The largest absolute Gasteiger partial charge is 0.481 e. The first-order chi connectivity index (χ1) is 7.70. The molecule has 1 atom stereocenters. The van der Waals surface area contributed by atoms with Gasteiger partial charge in [-0.25, -0.2) is 4.79 Å². The summed E-state index contributed by atoms with van der Waals surface area (Å²) in [6.45, 7) is 5.24. The van der Waals surface area contributed by atoms with Gasteiger partial charge in [0, 0.05) is 11.8 Å². The van der Waals surface area contributed by atoms with Crippen LogP contribution in [0.2, 0.25) is 0 Å². The highest BCUT2D eigenvalue weighted by Gasteiger charge is 2.29. The highest BCUT2D eigenvalue weighted by Crippen LogP contribution is 2.20. The number of aliphatic carboxylic acids is 2. The van der Waals surface area contributed by atoms with Crippen LogP contribution >= 0.6 is 0 Å². The number of nitrogens with one attached hydrogen (secondary N) is 1. The fourth-order valence-corrected chi connectivity index (χ4v) is 1.04. The van der Waals surface area contributed by atoms with Crippen molar-refractivity contribution in [2.24, 2.45) is 5.41 Å². The van der Waals surface area contributed by atoms with E-state index in [1.165, 1.54) is 0 Å². The SMILES string of the molecule is CCC(C)(C)C(=O)N[C@@H](CCC(=O)O)C(=O)O. The van der Waals surface area contributed by atoms with Crippen molar-refractivity contribution in [1.29, 1.82) is 0 Å². The molecule has 0 unspecified atom stereocenters. The van der Waals surface area contributed by atoms with Crippen LogP contribution in [0, 0.1) is 5.41 Å². The normalized spacial score (nSPS) is 12.9. The van der Waals surface area contributed by atoms with E-state index in [0.717, 1.165) is 0 Å². The van der Waals surface area contributed by atoms with Gasteiger partial charge < -0.3 is 15.5 Å². The van der Waals surface area contributed by atoms with Gasteiger partial charge in [0.05, 0.1) is 0 Å². The van der Waals surface area contributed by atoms with Crippen molar-refractivity contribution < 1.29 is 24.6 Å². The number of hydrogen-bond acceptors (Lipinski definition) is 3. The van der Waals surface area contributed by atoms with Gasteiger partial charge in [0.1, 0.15) is 6.04 Å². The maximum absolute atomic E-state index is 11.7. The Balaban J connectivity index is 4.50. The van der Waals surface area contributed by atoms with Gasteiger partial charge in [0.25, 0.3) is 0 Å². The van der Waals surface area contributed by atoms with E-state index in [9.17, 15) is 14.4 Å². The van der Waals surface area contributed by atoms with Gasteiger partial charge in [-0.2, -0.15) is 0 Å². The topological polar surface area (TPSA) is 104 Å². The quantitative estimate of drug-likeness (QED) is 0.617. The molecule has 0 rings (SSSR count). The lowest BCUT2D eigenvalue weighted by Crippen LogP contribution is -2.46. The molecule has 0 saturated heterocycles. The summed E-state index contributed by atoms with van der Waals surface area (Å²) in [6, 6.07) is -1.15. The zero-order valence-electron chi connectivity index (χ0n) is 10.3. The van der Waals surface area contributed by atoms with Gasteiger partial charge in [-0.3, -0.25) is 9.59 Å². The van der Waals surface area contributed by atoms with Crippen molar-refractivity contribution in [2.45, 2.75) is 46.1 Å². The van der Waals surface area contributed by atoms with Crippen molar-refractivity contribution in [1.82, 2.24) is 5.32 Å². The number of rotatable bonds is 7. The number of carbonyl (C=O) groups is 3. The molecule has 3 N–H and O–H groups in total. The van der Waals surface area contributed by atoms with Crippen molar-refractivity contribution in [3.8, 4) is 0 Å². The van der Waals surface area contributed by atoms with Crippen LogP contribution in [0.15, 0.2) is 0 Å². The molecule has 1 amide bonds. The Hall–Kier alpha value is -1.59. The van der Waals surface area contributed by atoms with Crippen LogP contribution in [-0.4, -0.2) is 34.1 Å². The van der Waals surface area contributed by atoms with Gasteiger partial charge in [-0.1, -0.05) is 20.8 Å². The van der Waals surface area contributed by atoms with Crippen LogP contribution in [0.1, 0.15) is 40.0 Å². The molecule has 0 aliphatic heterocycles. The average Bonchev–Trinajstić information content (AvgIpc) is 2.22. The van der Waals surface area contributed by atoms with E-state index in [2.05, 4.69) is 5.32 Å². The molecule has 0 bridgehead atoms. The zero-order valence-corrected chi connectivity index (χ0v) is 10.3. The molecule has 0 radical (unpaired) electrons. The number of amides is 1. The summed E-state index contributed by atoms with van der Waals surface area (Å²) in [7, 11) is 0. The summed E-state index contributed by atoms with van der Waals surface area (Å²) in [5.74, 6) is -2.68. The molecule has 0 heterocycles. The van der Waals surface area contributed by atoms with Crippen LogP contribution in [0.3, 0.4) is 0 Å². The van der Waals surface area contributed by atoms with E-state index in [4.69, 9.17) is 10.2 Å². The lowest BCUT2D eigenvalue weighted by atomic mass is 9.89. The van der Waals surface area contributed by atoms with E-state index in [-0.39, 0.29) is 18.7 Å². The third-order valence-electron chi connectivity index (χ3n) is 2.75. The molecule has 0 spiro atoms. The summed E-state index contributed by atoms with van der Waals surface area (Å²) in [6.07, 6.45) is 0.171. The van der Waals surface area contributed by atoms with E-state index in [1.54, 1.807) is 13.8 Å². The lowest BCUT2D eigenvalue weighted by Gasteiger charge is -2.24. The minimum Gasteiger partial charge on any atom is -0.481 e. The first kappa shape index (κ1) is 15.4. The fourth-order valence-electron chi connectivity index (χ4n) is 1.04. The predicted octanol–water partition coefficient (Wildman–Crippen LogP) is 0.857. The number of carboxylic acid groups (broad SMARTS) is 2. The molecule has 98 valence electrons. The molecule has 0 aromatic heterocycles. The molecule has 0 aliphatic rings. The zero-order chi connectivity index (χ0) is 13.6. The van der Waals surface area contributed by atoms with E-state index in [1.807, 2.05) is 6.92 Å². The number of carboxylic acids is 2. The predicted molar refractivity (Wildman–Crippen MR) is 60.5 cm³/mol. The molecule has 0 aliphatic carbocycles. The summed E-state index contributed by atoms with van der Waals surface area (Å²) >= 11 is 0. The number of carbonyl (C=O) groups excluding carboxylic acids is 1. The molecule has 0 aromatic rings. The Morgan fingerprint density at radius 3 is 2.12 bits per heavy atom. The Morgan fingerprint density at radius 2 is 1.76 bits per heavy atom. The summed E-state index contributed by atoms with van der Waals surface area (Å²) < 4.78 is 0. The molecule has 17 heavy (non-hydrogen) atoms. The molecule has 6 nitrogen and oxygen atoms in total. The number of hydrogen-bond donors (Lipinski definition) is 3. The van der Waals surface area contributed by atoms with Crippen molar-refractivity contribution >= 4 is 17.8 Å². The highest BCUT2D eigenvalue weighted by atomic mass is 16.4. The monoisotopic (exact) mass is 245 g/mol. The van der Waals surface area contributed by atoms with Crippen molar-refractivity contribution in [3.05, 3.63) is 0 Å². The third-order valence-corrected chi connectivity index (χ3v) is 2.75. The minimum absolute atomic E-state index is 0.115. The first-order valence-electron chi connectivity index (χ1n) is 5.46. The third kappa shape index (κ3) is 5.33. The standard InChI is InChI=1S/C11H19NO5/c1-4-11(2,3)10(17)12-7(9(15)16)5-6-8(13)14/h7H,4-6H2,1-3H3,(H,12,17)(H,13,14)(H,15,16)/t7-/m0/s1. The van der Waals surface area contributed by atoms with Gasteiger partial charge >= 0.3 is 11.9 Å². The fraction of sp³-hybridized carbons (Fsp3) is 0.727. The average molecular weight is 245 g/mol. The second-order valence-electron chi connectivity index (χ2n) is 4.53. The molecule has 0 aromatic carbocycles. The maximum Gasteiger partial charge on any atom is 0.326 e. The maximum atomic E-state index is 11.7. The Kier molecular flexibility index (Phi) is 5.64. The van der Waals surface area contributed by atoms with Gasteiger partial charge in [0.15, 0.2) is 0 Å². The van der Waals surface area contributed by atoms with Crippen molar-refractivity contribution in [2.75, 3.05) is 0 Å². The lowest BCUT2D eigenvalue weighted by molar-refractivity contribution is -0.144. The Labute approximate surface area is 100 Å². The Morgan fingerprint density at radius 1 is 1.24 bits per heavy atom. The highest BCUT2D eigenvalue weighted by molar-refractivity contribution is 5.87. The van der Waals surface area contributed by atoms with Gasteiger partial charge in [-0.05, 0) is 12.8 Å².